The summed E-state index contributed by atoms with van der Waals surface area (Å²) in [6.07, 6.45) is 15.5. The summed E-state index contributed by atoms with van der Waals surface area (Å²) in [6, 6.07) is 6.48. The van der Waals surface area contributed by atoms with E-state index in [1.807, 2.05) is 29.3 Å². The van der Waals surface area contributed by atoms with Crippen LogP contribution < -0.4 is 4.74 Å². The number of carbonyl (C=O) groups is 1. The third-order valence-corrected chi connectivity index (χ3v) is 6.72. The summed E-state index contributed by atoms with van der Waals surface area (Å²) in [6.45, 7) is 6.51. The molecule has 5 nitrogen and oxygen atoms in total. The number of likely N-dealkylation sites (tertiary alicyclic amines) is 1. The largest absolute Gasteiger partial charge is 0.496 e. The van der Waals surface area contributed by atoms with E-state index in [9.17, 15) is 4.79 Å². The lowest BCUT2D eigenvalue weighted by Gasteiger charge is -2.45. The fourth-order valence-electron chi connectivity index (χ4n) is 4.87. The molecule has 0 unspecified atom stereocenters. The van der Waals surface area contributed by atoms with E-state index >= 15 is 0 Å². The Morgan fingerprint density at radius 2 is 2.18 bits per heavy atom. The number of hydrogen-bond donors (Lipinski definition) is 0. The molecular formula is C28H36N2O3. The van der Waals surface area contributed by atoms with Crippen LogP contribution in [0.4, 0.5) is 0 Å². The zero-order valence-corrected chi connectivity index (χ0v) is 20.2. The lowest BCUT2D eigenvalue weighted by atomic mass is 9.94. The number of ether oxygens (including phenoxy) is 2. The minimum Gasteiger partial charge on any atom is -0.496 e. The standard InChI is InChI=1S/C28H36N2O3/c1-21(2)16-24-13-12-22(17-26(24)32-3)10-6-11-25(29-18-23-8-4-5-9-23)27(31)30-15-7-14-28(30)19-33-20-28/h4-5,8,11-13,17-18,21H,6-7,9-10,14-16,19-20H2,1-3H3/b25-11+,29-18+. The zero-order valence-electron chi connectivity index (χ0n) is 20.2. The number of aliphatic imine (C=N–C) groups is 1. The number of amides is 1. The smallest absolute Gasteiger partial charge is 0.272 e. The summed E-state index contributed by atoms with van der Waals surface area (Å²) in [5, 5.41) is 0. The Morgan fingerprint density at radius 1 is 1.33 bits per heavy atom. The average Bonchev–Trinajstić information content (AvgIpc) is 3.45. The molecule has 33 heavy (non-hydrogen) atoms. The van der Waals surface area contributed by atoms with Crippen molar-refractivity contribution in [3.05, 3.63) is 64.9 Å². The maximum atomic E-state index is 13.5. The fraction of sp³-hybridized carbons (Fsp3) is 0.500. The van der Waals surface area contributed by atoms with Gasteiger partial charge >= 0.3 is 0 Å². The van der Waals surface area contributed by atoms with Crippen molar-refractivity contribution in [3.8, 4) is 5.75 Å². The highest BCUT2D eigenvalue weighted by Crippen LogP contribution is 2.37. The first-order valence-corrected chi connectivity index (χ1v) is 12.2. The van der Waals surface area contributed by atoms with Crippen LogP contribution in [-0.4, -0.2) is 49.4 Å². The van der Waals surface area contributed by atoms with Gasteiger partial charge in [-0.3, -0.25) is 9.79 Å². The third kappa shape index (κ3) is 5.47. The van der Waals surface area contributed by atoms with Crippen molar-refractivity contribution in [1.29, 1.82) is 0 Å². The van der Waals surface area contributed by atoms with Crippen LogP contribution in [-0.2, 0) is 22.4 Å². The van der Waals surface area contributed by atoms with Crippen LogP contribution in [0.15, 0.2) is 58.8 Å². The van der Waals surface area contributed by atoms with E-state index in [4.69, 9.17) is 9.47 Å². The summed E-state index contributed by atoms with van der Waals surface area (Å²) >= 11 is 0. The first kappa shape index (κ1) is 23.5. The predicted molar refractivity (Wildman–Crippen MR) is 133 cm³/mol. The van der Waals surface area contributed by atoms with Gasteiger partial charge in [0.1, 0.15) is 11.4 Å². The molecule has 1 spiro atoms. The van der Waals surface area contributed by atoms with Crippen molar-refractivity contribution in [2.75, 3.05) is 26.9 Å². The number of rotatable bonds is 9. The number of allylic oxidation sites excluding steroid dienone is 5. The van der Waals surface area contributed by atoms with Crippen molar-refractivity contribution in [1.82, 2.24) is 4.90 Å². The SMILES string of the molecule is COc1cc(CC/C=C(/N=C/C2=CC=CC2)C(=O)N2CCCC23COC3)ccc1CC(C)C. The molecule has 5 heteroatoms. The van der Waals surface area contributed by atoms with Crippen molar-refractivity contribution in [2.24, 2.45) is 10.9 Å². The van der Waals surface area contributed by atoms with E-state index in [0.29, 0.717) is 24.8 Å². The van der Waals surface area contributed by atoms with Gasteiger partial charge in [-0.25, -0.2) is 0 Å². The minimum absolute atomic E-state index is 0.0310. The Labute approximate surface area is 197 Å². The normalized spacial score (nSPS) is 19.6. The molecule has 1 amide bonds. The molecule has 176 valence electrons. The molecule has 2 aliphatic heterocycles. The molecule has 4 rings (SSSR count). The Hall–Kier alpha value is -2.66. The topological polar surface area (TPSA) is 51.1 Å². The molecule has 2 fully saturated rings. The molecule has 0 aromatic heterocycles. The van der Waals surface area contributed by atoms with Crippen LogP contribution in [0.3, 0.4) is 0 Å². The number of carbonyl (C=O) groups excluding carboxylic acids is 1. The molecule has 0 N–H and O–H groups in total. The lowest BCUT2D eigenvalue weighted by Crippen LogP contribution is -2.60. The summed E-state index contributed by atoms with van der Waals surface area (Å²) in [5.41, 5.74) is 4.01. The van der Waals surface area contributed by atoms with Crippen LogP contribution in [0.2, 0.25) is 0 Å². The molecule has 1 aromatic carbocycles. The van der Waals surface area contributed by atoms with Crippen LogP contribution in [0, 0.1) is 5.92 Å². The van der Waals surface area contributed by atoms with E-state index in [0.717, 1.165) is 56.4 Å². The van der Waals surface area contributed by atoms with Gasteiger partial charge < -0.3 is 14.4 Å². The van der Waals surface area contributed by atoms with Crippen LogP contribution in [0.25, 0.3) is 0 Å². The maximum absolute atomic E-state index is 13.5. The zero-order chi connectivity index (χ0) is 23.3. The molecule has 0 bridgehead atoms. The first-order chi connectivity index (χ1) is 16.0. The second kappa shape index (κ2) is 10.5. The predicted octanol–water partition coefficient (Wildman–Crippen LogP) is 5.06. The van der Waals surface area contributed by atoms with Crippen molar-refractivity contribution in [2.45, 2.75) is 57.9 Å². The summed E-state index contributed by atoms with van der Waals surface area (Å²) in [4.78, 5) is 20.1. The number of hydrogen-bond acceptors (Lipinski definition) is 4. The number of nitrogens with zero attached hydrogens (tertiary/aromatic N) is 2. The summed E-state index contributed by atoms with van der Waals surface area (Å²) in [7, 11) is 1.73. The molecular weight excluding hydrogens is 412 g/mol. The van der Waals surface area contributed by atoms with Gasteiger partial charge in [-0.05, 0) is 67.2 Å². The number of benzene rings is 1. The highest BCUT2D eigenvalue weighted by Gasteiger charge is 2.49. The Morgan fingerprint density at radius 3 is 2.85 bits per heavy atom. The number of aryl methyl sites for hydroxylation is 1. The van der Waals surface area contributed by atoms with Gasteiger partial charge in [-0.1, -0.05) is 50.3 Å². The molecule has 0 radical (unpaired) electrons. The summed E-state index contributed by atoms with van der Waals surface area (Å²) < 4.78 is 11.1. The molecule has 2 heterocycles. The molecule has 1 aliphatic carbocycles. The molecule has 1 aromatic rings. The van der Waals surface area contributed by atoms with Gasteiger partial charge in [0.25, 0.3) is 5.91 Å². The van der Waals surface area contributed by atoms with E-state index in [1.54, 1.807) is 7.11 Å². The van der Waals surface area contributed by atoms with Gasteiger partial charge in [0, 0.05) is 12.8 Å². The quantitative estimate of drug-likeness (QED) is 0.392. The van der Waals surface area contributed by atoms with Crippen LogP contribution in [0.5, 0.6) is 5.75 Å². The van der Waals surface area contributed by atoms with Crippen LogP contribution >= 0.6 is 0 Å². The van der Waals surface area contributed by atoms with Crippen molar-refractivity contribution >= 4 is 12.1 Å². The number of methoxy groups -OCH3 is 1. The third-order valence-electron chi connectivity index (χ3n) is 6.72. The monoisotopic (exact) mass is 448 g/mol. The maximum Gasteiger partial charge on any atom is 0.272 e. The van der Waals surface area contributed by atoms with Gasteiger partial charge in [0.05, 0.1) is 25.9 Å². The average molecular weight is 449 g/mol. The second-order valence-electron chi connectivity index (χ2n) is 9.78. The highest BCUT2D eigenvalue weighted by molar-refractivity contribution is 5.96. The second-order valence-corrected chi connectivity index (χ2v) is 9.78. The van der Waals surface area contributed by atoms with E-state index in [1.165, 1.54) is 11.1 Å². The summed E-state index contributed by atoms with van der Waals surface area (Å²) in [5.74, 6) is 1.56. The molecule has 2 saturated heterocycles. The van der Waals surface area contributed by atoms with Crippen molar-refractivity contribution in [3.63, 3.8) is 0 Å². The highest BCUT2D eigenvalue weighted by atomic mass is 16.5. The van der Waals surface area contributed by atoms with Gasteiger partial charge in [-0.2, -0.15) is 0 Å². The molecule has 3 aliphatic rings. The first-order valence-electron chi connectivity index (χ1n) is 12.2. The molecule has 0 saturated carbocycles. The van der Waals surface area contributed by atoms with Crippen molar-refractivity contribution < 1.29 is 14.3 Å². The van der Waals surface area contributed by atoms with E-state index in [-0.39, 0.29) is 11.4 Å². The minimum atomic E-state index is -0.112. The lowest BCUT2D eigenvalue weighted by molar-refractivity contribution is -0.155. The van der Waals surface area contributed by atoms with Gasteiger partial charge in [0.15, 0.2) is 0 Å². The fourth-order valence-corrected chi connectivity index (χ4v) is 4.87. The van der Waals surface area contributed by atoms with Gasteiger partial charge in [0.2, 0.25) is 0 Å². The molecule has 0 atom stereocenters. The Kier molecular flexibility index (Phi) is 7.49. The van der Waals surface area contributed by atoms with E-state index in [2.05, 4.69) is 43.1 Å². The van der Waals surface area contributed by atoms with Gasteiger partial charge in [-0.15, -0.1) is 0 Å². The van der Waals surface area contributed by atoms with E-state index < -0.39 is 0 Å². The van der Waals surface area contributed by atoms with Crippen LogP contribution in [0.1, 0.15) is 50.7 Å². The Bertz CT molecular complexity index is 983. The Balaban J connectivity index is 1.48.